The van der Waals surface area contributed by atoms with E-state index in [9.17, 15) is 9.59 Å². The van der Waals surface area contributed by atoms with Crippen molar-refractivity contribution >= 4 is 23.1 Å². The van der Waals surface area contributed by atoms with E-state index < -0.39 is 0 Å². The molecule has 0 fully saturated rings. The summed E-state index contributed by atoms with van der Waals surface area (Å²) in [7, 11) is 0. The zero-order valence-electron chi connectivity index (χ0n) is 11.0. The lowest BCUT2D eigenvalue weighted by atomic mass is 10.1. The highest BCUT2D eigenvalue weighted by atomic mass is 16.1. The largest absolute Gasteiger partial charge is 0.298 e. The fraction of sp³-hybridized carbons (Fsp3) is 0.0588. The first-order valence-corrected chi connectivity index (χ1v) is 6.38. The van der Waals surface area contributed by atoms with Crippen molar-refractivity contribution in [1.82, 2.24) is 4.57 Å². The van der Waals surface area contributed by atoms with Crippen LogP contribution < -0.4 is 0 Å². The molecule has 0 amide bonds. The molecule has 0 spiro atoms. The van der Waals surface area contributed by atoms with Crippen LogP contribution in [0.5, 0.6) is 0 Å². The van der Waals surface area contributed by atoms with Gasteiger partial charge in [0.05, 0.1) is 11.2 Å². The number of carbonyl (C=O) groups excluding carboxylic acids is 2. The minimum absolute atomic E-state index is 0.0677. The smallest absolute Gasteiger partial charge is 0.228 e. The highest BCUT2D eigenvalue weighted by molar-refractivity contribution is 6.04. The average molecular weight is 263 g/mol. The van der Waals surface area contributed by atoms with Crippen molar-refractivity contribution in [3.05, 3.63) is 60.2 Å². The van der Waals surface area contributed by atoms with Crippen LogP contribution >= 0.6 is 0 Å². The molecule has 3 nitrogen and oxygen atoms in total. The Hall–Kier alpha value is -2.68. The highest BCUT2D eigenvalue weighted by Gasteiger charge is 2.15. The number of hydrogen-bond acceptors (Lipinski definition) is 2. The molecule has 1 aromatic heterocycles. The van der Waals surface area contributed by atoms with Crippen LogP contribution in [0, 0.1) is 0 Å². The second-order valence-corrected chi connectivity index (χ2v) is 4.65. The van der Waals surface area contributed by atoms with Gasteiger partial charge in [-0.3, -0.25) is 14.2 Å². The second-order valence-electron chi connectivity index (χ2n) is 4.65. The maximum atomic E-state index is 12.0. The number of benzene rings is 2. The van der Waals surface area contributed by atoms with Crippen LogP contribution in [-0.4, -0.2) is 16.8 Å². The zero-order chi connectivity index (χ0) is 14.1. The maximum Gasteiger partial charge on any atom is 0.228 e. The van der Waals surface area contributed by atoms with Crippen molar-refractivity contribution in [1.29, 1.82) is 0 Å². The Balaban J connectivity index is 2.40. The SMILES string of the molecule is CC(=O)n1c(-c2ccccc2)cc2c(C=O)cccc21. The summed E-state index contributed by atoms with van der Waals surface area (Å²) in [6, 6.07) is 17.0. The quantitative estimate of drug-likeness (QED) is 0.660. The lowest BCUT2D eigenvalue weighted by Crippen LogP contribution is -2.06. The number of rotatable bonds is 2. The van der Waals surface area contributed by atoms with Gasteiger partial charge >= 0.3 is 0 Å². The fourth-order valence-corrected chi connectivity index (χ4v) is 2.52. The van der Waals surface area contributed by atoms with E-state index in [-0.39, 0.29) is 5.91 Å². The molecule has 0 aliphatic heterocycles. The van der Waals surface area contributed by atoms with Crippen molar-refractivity contribution in [2.24, 2.45) is 0 Å². The lowest BCUT2D eigenvalue weighted by Gasteiger charge is -2.06. The summed E-state index contributed by atoms with van der Waals surface area (Å²) in [5.41, 5.74) is 3.12. The highest BCUT2D eigenvalue weighted by Crippen LogP contribution is 2.29. The number of fused-ring (bicyclic) bond motifs is 1. The van der Waals surface area contributed by atoms with Gasteiger partial charge in [0.1, 0.15) is 0 Å². The van der Waals surface area contributed by atoms with Gasteiger partial charge in [-0.25, -0.2) is 0 Å². The zero-order valence-corrected chi connectivity index (χ0v) is 11.0. The molecule has 0 aliphatic rings. The predicted molar refractivity (Wildman–Crippen MR) is 79.1 cm³/mol. The first-order valence-electron chi connectivity index (χ1n) is 6.38. The third-order valence-corrected chi connectivity index (χ3v) is 3.39. The third-order valence-electron chi connectivity index (χ3n) is 3.39. The molecular formula is C17H13NO2. The van der Waals surface area contributed by atoms with Gasteiger partial charge in [-0.05, 0) is 17.7 Å². The lowest BCUT2D eigenvalue weighted by molar-refractivity contribution is 0.0943. The summed E-state index contributed by atoms with van der Waals surface area (Å²) in [6.07, 6.45) is 0.821. The summed E-state index contributed by atoms with van der Waals surface area (Å²) in [5, 5.41) is 0.802. The van der Waals surface area contributed by atoms with Gasteiger partial charge in [0, 0.05) is 17.9 Å². The van der Waals surface area contributed by atoms with E-state index in [4.69, 9.17) is 0 Å². The van der Waals surface area contributed by atoms with Crippen LogP contribution in [0.1, 0.15) is 22.1 Å². The van der Waals surface area contributed by atoms with Gasteiger partial charge in [0.25, 0.3) is 0 Å². The topological polar surface area (TPSA) is 39.1 Å². The van der Waals surface area contributed by atoms with E-state index >= 15 is 0 Å². The van der Waals surface area contributed by atoms with E-state index in [0.29, 0.717) is 5.56 Å². The van der Waals surface area contributed by atoms with Crippen molar-refractivity contribution in [3.63, 3.8) is 0 Å². The molecule has 0 radical (unpaired) electrons. The monoisotopic (exact) mass is 263 g/mol. The van der Waals surface area contributed by atoms with Crippen LogP contribution in [-0.2, 0) is 0 Å². The minimum Gasteiger partial charge on any atom is -0.298 e. The Morgan fingerprint density at radius 1 is 1.05 bits per heavy atom. The van der Waals surface area contributed by atoms with Gasteiger partial charge in [-0.2, -0.15) is 0 Å². The summed E-state index contributed by atoms with van der Waals surface area (Å²) in [4.78, 5) is 23.1. The standard InChI is InChI=1S/C17H13NO2/c1-12(20)18-16-9-5-8-14(11-19)15(16)10-17(18)13-6-3-2-4-7-13/h2-11H,1H3. The molecule has 2 aromatic carbocycles. The Morgan fingerprint density at radius 2 is 1.80 bits per heavy atom. The Kier molecular flexibility index (Phi) is 2.95. The summed E-state index contributed by atoms with van der Waals surface area (Å²) in [6.45, 7) is 1.53. The fourth-order valence-electron chi connectivity index (χ4n) is 2.52. The Morgan fingerprint density at radius 3 is 2.45 bits per heavy atom. The molecule has 0 N–H and O–H groups in total. The van der Waals surface area contributed by atoms with Crippen LogP contribution in [0.3, 0.4) is 0 Å². The van der Waals surface area contributed by atoms with E-state index in [1.165, 1.54) is 6.92 Å². The molecule has 20 heavy (non-hydrogen) atoms. The molecule has 3 heteroatoms. The normalized spacial score (nSPS) is 10.7. The first-order chi connectivity index (χ1) is 9.72. The van der Waals surface area contributed by atoms with E-state index in [0.717, 1.165) is 28.4 Å². The van der Waals surface area contributed by atoms with Crippen LogP contribution in [0.2, 0.25) is 0 Å². The van der Waals surface area contributed by atoms with Gasteiger partial charge in [0.15, 0.2) is 6.29 Å². The maximum absolute atomic E-state index is 12.0. The summed E-state index contributed by atoms with van der Waals surface area (Å²) in [5.74, 6) is -0.0677. The molecule has 3 rings (SSSR count). The number of hydrogen-bond donors (Lipinski definition) is 0. The Labute approximate surface area is 116 Å². The molecule has 0 saturated heterocycles. The summed E-state index contributed by atoms with van der Waals surface area (Å²) >= 11 is 0. The average Bonchev–Trinajstić information content (AvgIpc) is 2.87. The minimum atomic E-state index is -0.0677. The third kappa shape index (κ3) is 1.84. The van der Waals surface area contributed by atoms with Crippen LogP contribution in [0.4, 0.5) is 0 Å². The first kappa shape index (κ1) is 12.4. The summed E-state index contributed by atoms with van der Waals surface area (Å²) < 4.78 is 1.65. The van der Waals surface area contributed by atoms with E-state index in [1.54, 1.807) is 16.7 Å². The van der Waals surface area contributed by atoms with Crippen LogP contribution in [0.15, 0.2) is 54.6 Å². The number of carbonyl (C=O) groups is 2. The van der Waals surface area contributed by atoms with Crippen molar-refractivity contribution in [2.45, 2.75) is 6.92 Å². The van der Waals surface area contributed by atoms with E-state index in [1.807, 2.05) is 42.5 Å². The van der Waals surface area contributed by atoms with Crippen molar-refractivity contribution in [2.75, 3.05) is 0 Å². The van der Waals surface area contributed by atoms with Crippen molar-refractivity contribution in [3.8, 4) is 11.3 Å². The number of aromatic nitrogens is 1. The number of nitrogens with zero attached hydrogens (tertiary/aromatic N) is 1. The van der Waals surface area contributed by atoms with Gasteiger partial charge in [0.2, 0.25) is 5.91 Å². The van der Waals surface area contributed by atoms with Crippen LogP contribution in [0.25, 0.3) is 22.2 Å². The van der Waals surface area contributed by atoms with E-state index in [2.05, 4.69) is 0 Å². The molecule has 3 aromatic rings. The molecule has 0 aliphatic carbocycles. The predicted octanol–water partition coefficient (Wildman–Crippen LogP) is 3.78. The van der Waals surface area contributed by atoms with Crippen molar-refractivity contribution < 1.29 is 9.59 Å². The molecule has 0 atom stereocenters. The Bertz CT molecular complexity index is 800. The molecule has 0 saturated carbocycles. The van der Waals surface area contributed by atoms with Gasteiger partial charge < -0.3 is 0 Å². The second kappa shape index (κ2) is 4.78. The molecule has 0 bridgehead atoms. The van der Waals surface area contributed by atoms with Gasteiger partial charge in [-0.15, -0.1) is 0 Å². The number of aldehydes is 1. The molecular weight excluding hydrogens is 250 g/mol. The molecule has 98 valence electrons. The molecule has 0 unspecified atom stereocenters. The van der Waals surface area contributed by atoms with Gasteiger partial charge in [-0.1, -0.05) is 42.5 Å². The molecule has 1 heterocycles.